The van der Waals surface area contributed by atoms with E-state index < -0.39 is 0 Å². The fraction of sp³-hybridized carbons (Fsp3) is 0.222. The highest BCUT2D eigenvalue weighted by molar-refractivity contribution is 5.64. The van der Waals surface area contributed by atoms with Crippen molar-refractivity contribution in [2.45, 2.75) is 20.3 Å². The lowest BCUT2D eigenvalue weighted by Gasteiger charge is -2.03. The van der Waals surface area contributed by atoms with Gasteiger partial charge in [-0.25, -0.2) is 0 Å². The second-order valence-corrected chi connectivity index (χ2v) is 5.72. The van der Waals surface area contributed by atoms with E-state index >= 15 is 0 Å². The van der Waals surface area contributed by atoms with Crippen LogP contribution in [0.3, 0.4) is 0 Å². The molecule has 7 nitrogen and oxygen atoms in total. The van der Waals surface area contributed by atoms with Crippen LogP contribution in [-0.4, -0.2) is 31.8 Å². The zero-order valence-corrected chi connectivity index (χ0v) is 14.2. The first-order chi connectivity index (χ1) is 12.2. The summed E-state index contributed by atoms with van der Waals surface area (Å²) in [5.74, 6) is 2.70. The number of fused-ring (bicyclic) bond motifs is 1. The molecule has 0 spiro atoms. The van der Waals surface area contributed by atoms with E-state index in [0.717, 1.165) is 40.3 Å². The predicted octanol–water partition coefficient (Wildman–Crippen LogP) is 3.33. The normalized spacial score (nSPS) is 11.2. The average Bonchev–Trinajstić information content (AvgIpc) is 3.27. The molecule has 0 aliphatic heterocycles. The van der Waals surface area contributed by atoms with Gasteiger partial charge in [-0.1, -0.05) is 12.1 Å². The molecule has 0 saturated heterocycles. The van der Waals surface area contributed by atoms with Crippen LogP contribution in [0.2, 0.25) is 0 Å². The molecule has 0 bridgehead atoms. The first-order valence-electron chi connectivity index (χ1n) is 8.02. The van der Waals surface area contributed by atoms with Crippen molar-refractivity contribution in [1.82, 2.24) is 24.7 Å². The van der Waals surface area contributed by atoms with Crippen LogP contribution in [0.15, 0.2) is 41.1 Å². The van der Waals surface area contributed by atoms with Crippen molar-refractivity contribution in [3.8, 4) is 28.6 Å². The summed E-state index contributed by atoms with van der Waals surface area (Å²) in [6.45, 7) is 4.03. The average molecular weight is 335 g/mol. The largest absolute Gasteiger partial charge is 0.497 e. The molecule has 0 fully saturated rings. The van der Waals surface area contributed by atoms with Crippen molar-refractivity contribution >= 4 is 5.65 Å². The number of pyridine rings is 1. The van der Waals surface area contributed by atoms with Crippen LogP contribution in [0.25, 0.3) is 28.5 Å². The Labute approximate surface area is 144 Å². The lowest BCUT2D eigenvalue weighted by atomic mass is 10.1. The summed E-state index contributed by atoms with van der Waals surface area (Å²) in [5, 5.41) is 12.4. The van der Waals surface area contributed by atoms with Gasteiger partial charge in [0.05, 0.1) is 7.11 Å². The minimum atomic E-state index is 0.481. The van der Waals surface area contributed by atoms with Crippen molar-refractivity contribution < 1.29 is 9.26 Å². The first kappa shape index (κ1) is 15.3. The standard InChI is InChI=1S/C18H17N5O2/c1-4-15-20-21-16-8-5-12(10-23(15)16)17-19-18(25-22-17)14-7-6-13(24-3)9-11(14)2/h5-10H,4H2,1-3H3. The van der Waals surface area contributed by atoms with Gasteiger partial charge in [0.1, 0.15) is 11.6 Å². The minimum absolute atomic E-state index is 0.481. The Hall–Kier alpha value is -3.22. The van der Waals surface area contributed by atoms with Crippen LogP contribution < -0.4 is 4.74 Å². The smallest absolute Gasteiger partial charge is 0.258 e. The summed E-state index contributed by atoms with van der Waals surface area (Å²) in [4.78, 5) is 4.54. The SMILES string of the molecule is CCc1nnc2ccc(-c3noc(-c4ccc(OC)cc4C)n3)cn12. The van der Waals surface area contributed by atoms with Gasteiger partial charge in [-0.15, -0.1) is 10.2 Å². The number of aryl methyl sites for hydroxylation is 2. The number of benzene rings is 1. The zero-order valence-electron chi connectivity index (χ0n) is 14.2. The summed E-state index contributed by atoms with van der Waals surface area (Å²) in [7, 11) is 1.64. The van der Waals surface area contributed by atoms with E-state index in [1.165, 1.54) is 0 Å². The maximum Gasteiger partial charge on any atom is 0.258 e. The molecule has 0 unspecified atom stereocenters. The fourth-order valence-corrected chi connectivity index (χ4v) is 2.76. The number of ether oxygens (including phenoxy) is 1. The summed E-state index contributed by atoms with van der Waals surface area (Å²) in [6, 6.07) is 9.55. The van der Waals surface area contributed by atoms with E-state index in [2.05, 4.69) is 20.3 Å². The van der Waals surface area contributed by atoms with Gasteiger partial charge >= 0.3 is 0 Å². The highest BCUT2D eigenvalue weighted by Crippen LogP contribution is 2.27. The molecular formula is C18H17N5O2. The summed E-state index contributed by atoms with van der Waals surface area (Å²) in [5.41, 5.74) is 3.55. The molecule has 25 heavy (non-hydrogen) atoms. The first-order valence-corrected chi connectivity index (χ1v) is 8.02. The number of aromatic nitrogens is 5. The number of rotatable bonds is 4. The summed E-state index contributed by atoms with van der Waals surface area (Å²) in [6.07, 6.45) is 2.73. The molecule has 0 aliphatic carbocycles. The molecule has 0 amide bonds. The molecular weight excluding hydrogens is 318 g/mol. The monoisotopic (exact) mass is 335 g/mol. The molecule has 0 saturated carbocycles. The molecule has 0 N–H and O–H groups in total. The maximum atomic E-state index is 5.47. The second-order valence-electron chi connectivity index (χ2n) is 5.72. The molecule has 3 heterocycles. The van der Waals surface area contributed by atoms with Crippen LogP contribution in [-0.2, 0) is 6.42 Å². The van der Waals surface area contributed by atoms with Gasteiger partial charge in [0.2, 0.25) is 5.82 Å². The Morgan fingerprint density at radius 1 is 1.16 bits per heavy atom. The van der Waals surface area contributed by atoms with Crippen molar-refractivity contribution in [3.05, 3.63) is 47.9 Å². The second kappa shape index (κ2) is 6.01. The number of nitrogens with zero attached hydrogens (tertiary/aromatic N) is 5. The molecule has 0 radical (unpaired) electrons. The predicted molar refractivity (Wildman–Crippen MR) is 92.4 cm³/mol. The third-order valence-corrected chi connectivity index (χ3v) is 4.14. The van der Waals surface area contributed by atoms with E-state index in [0.29, 0.717) is 11.7 Å². The van der Waals surface area contributed by atoms with E-state index in [4.69, 9.17) is 9.26 Å². The highest BCUT2D eigenvalue weighted by Gasteiger charge is 2.14. The molecule has 0 aliphatic rings. The topological polar surface area (TPSA) is 78.3 Å². The molecule has 4 rings (SSSR count). The van der Waals surface area contributed by atoms with E-state index in [1.807, 2.05) is 54.8 Å². The van der Waals surface area contributed by atoms with Gasteiger partial charge in [0.15, 0.2) is 5.65 Å². The van der Waals surface area contributed by atoms with Crippen LogP contribution in [0.1, 0.15) is 18.3 Å². The quantitative estimate of drug-likeness (QED) is 0.569. The molecule has 126 valence electrons. The number of hydrogen-bond donors (Lipinski definition) is 0. The van der Waals surface area contributed by atoms with Crippen molar-refractivity contribution in [3.63, 3.8) is 0 Å². The molecule has 0 atom stereocenters. The molecule has 7 heteroatoms. The highest BCUT2D eigenvalue weighted by atomic mass is 16.5. The van der Waals surface area contributed by atoms with E-state index in [-0.39, 0.29) is 0 Å². The Bertz CT molecular complexity index is 1050. The van der Waals surface area contributed by atoms with Crippen LogP contribution in [0.4, 0.5) is 0 Å². The molecule has 3 aromatic heterocycles. The lowest BCUT2D eigenvalue weighted by Crippen LogP contribution is -1.93. The lowest BCUT2D eigenvalue weighted by molar-refractivity contribution is 0.414. The fourth-order valence-electron chi connectivity index (χ4n) is 2.76. The van der Waals surface area contributed by atoms with E-state index in [1.54, 1.807) is 7.11 Å². The summed E-state index contributed by atoms with van der Waals surface area (Å²) >= 11 is 0. The third-order valence-electron chi connectivity index (χ3n) is 4.14. The Kier molecular flexibility index (Phi) is 3.68. The van der Waals surface area contributed by atoms with Crippen LogP contribution in [0, 0.1) is 6.92 Å². The van der Waals surface area contributed by atoms with Crippen molar-refractivity contribution in [2.24, 2.45) is 0 Å². The third kappa shape index (κ3) is 2.63. The molecule has 1 aromatic carbocycles. The van der Waals surface area contributed by atoms with Gasteiger partial charge in [-0.3, -0.25) is 4.40 Å². The number of hydrogen-bond acceptors (Lipinski definition) is 6. The van der Waals surface area contributed by atoms with Crippen molar-refractivity contribution in [2.75, 3.05) is 7.11 Å². The van der Waals surface area contributed by atoms with Crippen LogP contribution >= 0.6 is 0 Å². The van der Waals surface area contributed by atoms with Crippen molar-refractivity contribution in [1.29, 1.82) is 0 Å². The molecule has 4 aromatic rings. The number of methoxy groups -OCH3 is 1. The van der Waals surface area contributed by atoms with Gasteiger partial charge in [0, 0.05) is 23.7 Å². The van der Waals surface area contributed by atoms with Gasteiger partial charge < -0.3 is 9.26 Å². The van der Waals surface area contributed by atoms with Gasteiger partial charge in [-0.05, 0) is 42.8 Å². The Balaban J connectivity index is 1.74. The van der Waals surface area contributed by atoms with E-state index in [9.17, 15) is 0 Å². The Morgan fingerprint density at radius 2 is 2.04 bits per heavy atom. The minimum Gasteiger partial charge on any atom is -0.497 e. The zero-order chi connectivity index (χ0) is 17.4. The van der Waals surface area contributed by atoms with Crippen LogP contribution in [0.5, 0.6) is 5.75 Å². The summed E-state index contributed by atoms with van der Waals surface area (Å²) < 4.78 is 12.6. The Morgan fingerprint density at radius 3 is 2.80 bits per heavy atom. The van der Waals surface area contributed by atoms with Gasteiger partial charge in [-0.2, -0.15) is 4.98 Å². The maximum absolute atomic E-state index is 5.47. The van der Waals surface area contributed by atoms with Gasteiger partial charge in [0.25, 0.3) is 5.89 Å².